The van der Waals surface area contributed by atoms with Crippen LogP contribution in [0, 0.1) is 0 Å². The first-order valence-corrected chi connectivity index (χ1v) is 7.85. The fourth-order valence-electron chi connectivity index (χ4n) is 3.13. The second kappa shape index (κ2) is 6.69. The van der Waals surface area contributed by atoms with Gasteiger partial charge >= 0.3 is 0 Å². The molecule has 22 heavy (non-hydrogen) atoms. The van der Waals surface area contributed by atoms with Crippen LogP contribution in [-0.4, -0.2) is 22.5 Å². The summed E-state index contributed by atoms with van der Waals surface area (Å²) in [4.78, 5) is 14.7. The molecule has 4 heteroatoms. The van der Waals surface area contributed by atoms with Crippen molar-refractivity contribution >= 4 is 5.91 Å². The van der Waals surface area contributed by atoms with Gasteiger partial charge in [0.25, 0.3) is 0 Å². The Morgan fingerprint density at radius 2 is 2.14 bits per heavy atom. The van der Waals surface area contributed by atoms with Gasteiger partial charge in [0.05, 0.1) is 18.7 Å². The molecule has 0 bridgehead atoms. The number of carbonyl (C=O) groups is 1. The molecule has 0 radical (unpaired) electrons. The number of likely N-dealkylation sites (tertiary alicyclic amines) is 1. The van der Waals surface area contributed by atoms with Crippen molar-refractivity contribution < 1.29 is 14.3 Å². The molecule has 116 valence electrons. The highest BCUT2D eigenvalue weighted by molar-refractivity contribution is 5.79. The summed E-state index contributed by atoms with van der Waals surface area (Å²) >= 11 is 0. The van der Waals surface area contributed by atoms with Crippen LogP contribution in [0.2, 0.25) is 0 Å². The Bertz CT molecular complexity index is 621. The van der Waals surface area contributed by atoms with Crippen molar-refractivity contribution in [2.45, 2.75) is 38.1 Å². The molecule has 3 rings (SSSR count). The number of phenolic OH excluding ortho intramolecular Hbond substituents is 1. The zero-order valence-corrected chi connectivity index (χ0v) is 12.6. The molecule has 1 fully saturated rings. The first-order chi connectivity index (χ1) is 10.7. The van der Waals surface area contributed by atoms with Crippen LogP contribution >= 0.6 is 0 Å². The van der Waals surface area contributed by atoms with E-state index in [1.165, 1.54) is 0 Å². The van der Waals surface area contributed by atoms with Gasteiger partial charge in [-0.2, -0.15) is 0 Å². The molecule has 1 saturated heterocycles. The van der Waals surface area contributed by atoms with E-state index in [1.54, 1.807) is 24.5 Å². The van der Waals surface area contributed by atoms with Gasteiger partial charge in [-0.05, 0) is 42.7 Å². The summed E-state index contributed by atoms with van der Waals surface area (Å²) in [5.74, 6) is 1.16. The van der Waals surface area contributed by atoms with Crippen molar-refractivity contribution in [3.63, 3.8) is 0 Å². The SMILES string of the molecule is O=C(Cc1cccc(O)c1)N1CCCCCC1c1ccco1. The van der Waals surface area contributed by atoms with E-state index in [0.717, 1.165) is 43.6 Å². The van der Waals surface area contributed by atoms with Crippen LogP contribution in [-0.2, 0) is 11.2 Å². The highest BCUT2D eigenvalue weighted by Crippen LogP contribution is 2.31. The standard InChI is InChI=1S/C18H21NO3/c20-15-7-4-6-14(12-15)13-18(21)19-10-3-1-2-8-16(19)17-9-5-11-22-17/h4-7,9,11-12,16,20H,1-3,8,10,13H2. The monoisotopic (exact) mass is 299 g/mol. The zero-order valence-electron chi connectivity index (χ0n) is 12.6. The van der Waals surface area contributed by atoms with Gasteiger partial charge in [0, 0.05) is 6.54 Å². The number of nitrogens with zero attached hydrogens (tertiary/aromatic N) is 1. The van der Waals surface area contributed by atoms with Crippen LogP contribution in [0.3, 0.4) is 0 Å². The van der Waals surface area contributed by atoms with Gasteiger partial charge in [0.2, 0.25) is 5.91 Å². The predicted molar refractivity (Wildman–Crippen MR) is 83.4 cm³/mol. The Labute approximate surface area is 130 Å². The van der Waals surface area contributed by atoms with E-state index in [-0.39, 0.29) is 17.7 Å². The number of hydrogen-bond donors (Lipinski definition) is 1. The fraction of sp³-hybridized carbons (Fsp3) is 0.389. The lowest BCUT2D eigenvalue weighted by molar-refractivity contribution is -0.133. The topological polar surface area (TPSA) is 53.7 Å². The van der Waals surface area contributed by atoms with Crippen molar-refractivity contribution in [1.82, 2.24) is 4.90 Å². The maximum Gasteiger partial charge on any atom is 0.227 e. The van der Waals surface area contributed by atoms with Gasteiger partial charge < -0.3 is 14.4 Å². The van der Waals surface area contributed by atoms with Crippen molar-refractivity contribution in [3.05, 3.63) is 54.0 Å². The summed E-state index contributed by atoms with van der Waals surface area (Å²) in [6.07, 6.45) is 6.21. The predicted octanol–water partition coefficient (Wildman–Crippen LogP) is 3.67. The molecule has 0 aliphatic carbocycles. The minimum atomic E-state index is 0.0299. The largest absolute Gasteiger partial charge is 0.508 e. The maximum atomic E-state index is 12.7. The number of furan rings is 1. The first kappa shape index (κ1) is 14.7. The van der Waals surface area contributed by atoms with Gasteiger partial charge in [-0.15, -0.1) is 0 Å². The molecular formula is C18H21NO3. The van der Waals surface area contributed by atoms with Crippen molar-refractivity contribution in [2.24, 2.45) is 0 Å². The lowest BCUT2D eigenvalue weighted by Crippen LogP contribution is -2.35. The van der Waals surface area contributed by atoms with Crippen molar-refractivity contribution in [2.75, 3.05) is 6.54 Å². The Kier molecular flexibility index (Phi) is 4.47. The summed E-state index contributed by atoms with van der Waals surface area (Å²) in [5, 5.41) is 9.54. The van der Waals surface area contributed by atoms with E-state index in [9.17, 15) is 9.90 Å². The maximum absolute atomic E-state index is 12.7. The minimum Gasteiger partial charge on any atom is -0.508 e. The molecule has 2 aromatic rings. The summed E-state index contributed by atoms with van der Waals surface area (Å²) in [6.45, 7) is 0.767. The van der Waals surface area contributed by atoms with Crippen LogP contribution in [0.1, 0.15) is 43.0 Å². The number of hydrogen-bond acceptors (Lipinski definition) is 3. The first-order valence-electron chi connectivity index (χ1n) is 7.85. The molecule has 1 amide bonds. The van der Waals surface area contributed by atoms with Gasteiger partial charge in [-0.25, -0.2) is 0 Å². The Hall–Kier alpha value is -2.23. The Morgan fingerprint density at radius 3 is 2.91 bits per heavy atom. The minimum absolute atomic E-state index is 0.0299. The quantitative estimate of drug-likeness (QED) is 0.940. The molecule has 1 aromatic heterocycles. The number of phenols is 1. The number of rotatable bonds is 3. The van der Waals surface area contributed by atoms with Gasteiger partial charge in [-0.3, -0.25) is 4.79 Å². The molecule has 1 aromatic carbocycles. The molecule has 2 heterocycles. The van der Waals surface area contributed by atoms with E-state index >= 15 is 0 Å². The average molecular weight is 299 g/mol. The summed E-state index contributed by atoms with van der Waals surface area (Å²) in [6, 6.07) is 10.8. The second-order valence-electron chi connectivity index (χ2n) is 5.81. The molecule has 1 aliphatic heterocycles. The van der Waals surface area contributed by atoms with E-state index in [2.05, 4.69) is 0 Å². The normalized spacial score (nSPS) is 18.9. The molecule has 4 nitrogen and oxygen atoms in total. The van der Waals surface area contributed by atoms with Crippen LogP contribution in [0.5, 0.6) is 5.75 Å². The smallest absolute Gasteiger partial charge is 0.227 e. The third kappa shape index (κ3) is 3.32. The molecular weight excluding hydrogens is 278 g/mol. The fourth-order valence-corrected chi connectivity index (χ4v) is 3.13. The Balaban J connectivity index is 1.78. The molecule has 1 N–H and O–H groups in total. The van der Waals surface area contributed by atoms with Crippen LogP contribution in [0.25, 0.3) is 0 Å². The molecule has 1 aliphatic rings. The van der Waals surface area contributed by atoms with Crippen LogP contribution in [0.4, 0.5) is 0 Å². The number of amides is 1. The highest BCUT2D eigenvalue weighted by atomic mass is 16.3. The van der Waals surface area contributed by atoms with E-state index in [0.29, 0.717) is 6.42 Å². The lowest BCUT2D eigenvalue weighted by Gasteiger charge is -2.28. The molecule has 1 atom stereocenters. The molecule has 0 saturated carbocycles. The Morgan fingerprint density at radius 1 is 1.23 bits per heavy atom. The van der Waals surface area contributed by atoms with E-state index in [4.69, 9.17) is 4.42 Å². The summed E-state index contributed by atoms with van der Waals surface area (Å²) in [7, 11) is 0. The van der Waals surface area contributed by atoms with Crippen molar-refractivity contribution in [3.8, 4) is 5.75 Å². The number of benzene rings is 1. The lowest BCUT2D eigenvalue weighted by atomic mass is 10.1. The number of carbonyl (C=O) groups excluding carboxylic acids is 1. The number of aromatic hydroxyl groups is 1. The van der Waals surface area contributed by atoms with Crippen molar-refractivity contribution in [1.29, 1.82) is 0 Å². The molecule has 1 unspecified atom stereocenters. The van der Waals surface area contributed by atoms with Gasteiger partial charge in [0.1, 0.15) is 11.5 Å². The zero-order chi connectivity index (χ0) is 15.4. The summed E-state index contributed by atoms with van der Waals surface area (Å²) in [5.41, 5.74) is 0.840. The second-order valence-corrected chi connectivity index (χ2v) is 5.81. The van der Waals surface area contributed by atoms with E-state index in [1.807, 2.05) is 23.1 Å². The van der Waals surface area contributed by atoms with E-state index < -0.39 is 0 Å². The van der Waals surface area contributed by atoms with Crippen LogP contribution < -0.4 is 0 Å². The molecule has 0 spiro atoms. The third-order valence-corrected chi connectivity index (χ3v) is 4.21. The van der Waals surface area contributed by atoms with Gasteiger partial charge in [-0.1, -0.05) is 25.0 Å². The summed E-state index contributed by atoms with van der Waals surface area (Å²) < 4.78 is 5.54. The third-order valence-electron chi connectivity index (χ3n) is 4.21. The van der Waals surface area contributed by atoms with Gasteiger partial charge in [0.15, 0.2) is 0 Å². The average Bonchev–Trinajstić information content (AvgIpc) is 2.91. The highest BCUT2D eigenvalue weighted by Gasteiger charge is 2.28. The van der Waals surface area contributed by atoms with Crippen LogP contribution in [0.15, 0.2) is 47.1 Å².